The van der Waals surface area contributed by atoms with Crippen LogP contribution in [0.2, 0.25) is 0 Å². The highest BCUT2D eigenvalue weighted by Crippen LogP contribution is 2.40. The summed E-state index contributed by atoms with van der Waals surface area (Å²) in [6.07, 6.45) is -15.7. The van der Waals surface area contributed by atoms with Gasteiger partial charge in [-0.05, 0) is 25.1 Å². The van der Waals surface area contributed by atoms with Crippen molar-refractivity contribution >= 4 is 11.0 Å². The monoisotopic (exact) mass is 624 g/mol. The first kappa shape index (κ1) is 31.7. The topological polar surface area (TPSA) is 258 Å². The number of methoxy groups -OCH3 is 1. The number of aliphatic hydroxyl groups excluding tert-OH is 7. The minimum absolute atomic E-state index is 0.0257. The zero-order valence-electron chi connectivity index (χ0n) is 23.3. The Bertz CT molecular complexity index is 1550. The van der Waals surface area contributed by atoms with E-state index in [2.05, 4.69) is 0 Å². The highest BCUT2D eigenvalue weighted by Gasteiger charge is 2.46. The van der Waals surface area contributed by atoms with Gasteiger partial charge in [-0.15, -0.1) is 0 Å². The lowest BCUT2D eigenvalue weighted by Crippen LogP contribution is -2.60. The third-order valence-electron chi connectivity index (χ3n) is 7.49. The van der Waals surface area contributed by atoms with Crippen molar-refractivity contribution in [2.75, 3.05) is 13.7 Å². The van der Waals surface area contributed by atoms with Crippen molar-refractivity contribution in [3.05, 3.63) is 40.6 Å². The SMILES string of the molecule is COc1cc(-c2oc3cc(O[C@H]4O[C@H](C)[C@@H](O)[C@H](O)[C@@H]4O)cc(O)c3c(=O)c2O[C@H]2O[C@@H](CO)[C@H](O)[C@@H](O)[C@@H]2O)ccc1O. The van der Waals surface area contributed by atoms with Crippen molar-refractivity contribution in [2.45, 2.75) is 68.3 Å². The number of phenols is 2. The lowest BCUT2D eigenvalue weighted by molar-refractivity contribution is -0.277. The standard InChI is InChI=1S/C28H32O16/c1-9-18(32)21(35)23(37)27(40-9)41-11-6-13(31)17-15(7-11)42-25(10-3-4-12(30)14(5-10)39-2)26(20(17)34)44-28-24(38)22(36)19(33)16(8-29)43-28/h3-7,9,16,18-19,21-24,27-33,35-38H,8H2,1-2H3/t9-,16+,18-,19+,21+,22-,23+,24+,27-,28-/m1/s1. The molecule has 0 aliphatic carbocycles. The molecule has 0 saturated carbocycles. The molecule has 5 rings (SSSR count). The van der Waals surface area contributed by atoms with E-state index >= 15 is 0 Å². The van der Waals surface area contributed by atoms with Crippen LogP contribution in [0.5, 0.6) is 28.7 Å². The predicted molar refractivity (Wildman–Crippen MR) is 145 cm³/mol. The summed E-state index contributed by atoms with van der Waals surface area (Å²) in [4.78, 5) is 13.8. The maximum absolute atomic E-state index is 13.8. The molecule has 2 saturated heterocycles. The van der Waals surface area contributed by atoms with Gasteiger partial charge in [-0.3, -0.25) is 4.79 Å². The maximum atomic E-state index is 13.8. The van der Waals surface area contributed by atoms with Crippen LogP contribution >= 0.6 is 0 Å². The molecule has 2 fully saturated rings. The Morgan fingerprint density at radius 2 is 1.45 bits per heavy atom. The van der Waals surface area contributed by atoms with E-state index in [0.29, 0.717) is 0 Å². The largest absolute Gasteiger partial charge is 0.507 e. The summed E-state index contributed by atoms with van der Waals surface area (Å²) in [6, 6.07) is 6.03. The minimum atomic E-state index is -1.90. The fourth-order valence-corrected chi connectivity index (χ4v) is 4.97. The first-order valence-corrected chi connectivity index (χ1v) is 13.4. The van der Waals surface area contributed by atoms with E-state index in [-0.39, 0.29) is 34.2 Å². The number of aromatic hydroxyl groups is 2. The summed E-state index contributed by atoms with van der Waals surface area (Å²) < 4.78 is 33.3. The van der Waals surface area contributed by atoms with Gasteiger partial charge in [0.2, 0.25) is 23.8 Å². The van der Waals surface area contributed by atoms with Crippen molar-refractivity contribution in [2.24, 2.45) is 0 Å². The van der Waals surface area contributed by atoms with Gasteiger partial charge in [-0.2, -0.15) is 0 Å². The molecule has 9 N–H and O–H groups in total. The van der Waals surface area contributed by atoms with E-state index in [4.69, 9.17) is 28.1 Å². The molecule has 10 atom stereocenters. The normalized spacial score (nSPS) is 32.4. The fourth-order valence-electron chi connectivity index (χ4n) is 4.97. The Morgan fingerprint density at radius 1 is 0.795 bits per heavy atom. The number of ether oxygens (including phenoxy) is 5. The van der Waals surface area contributed by atoms with Crippen LogP contribution in [0.3, 0.4) is 0 Å². The summed E-state index contributed by atoms with van der Waals surface area (Å²) in [7, 11) is 1.28. The molecule has 3 heterocycles. The predicted octanol–water partition coefficient (Wildman–Crippen LogP) is -1.74. The van der Waals surface area contributed by atoms with Gasteiger partial charge >= 0.3 is 0 Å². The van der Waals surface area contributed by atoms with E-state index in [0.717, 1.165) is 6.07 Å². The molecule has 16 nitrogen and oxygen atoms in total. The van der Waals surface area contributed by atoms with Gasteiger partial charge in [-0.25, -0.2) is 0 Å². The molecule has 240 valence electrons. The highest BCUT2D eigenvalue weighted by molar-refractivity contribution is 5.88. The van der Waals surface area contributed by atoms with Crippen LogP contribution in [0, 0.1) is 0 Å². The molecule has 44 heavy (non-hydrogen) atoms. The second-order valence-electron chi connectivity index (χ2n) is 10.4. The van der Waals surface area contributed by atoms with Crippen molar-refractivity contribution in [3.8, 4) is 40.1 Å². The summed E-state index contributed by atoms with van der Waals surface area (Å²) >= 11 is 0. The number of rotatable bonds is 7. The summed E-state index contributed by atoms with van der Waals surface area (Å²) in [5.74, 6) is -2.08. The van der Waals surface area contributed by atoms with Gasteiger partial charge < -0.3 is 74.1 Å². The van der Waals surface area contributed by atoms with Crippen molar-refractivity contribution in [1.29, 1.82) is 0 Å². The van der Waals surface area contributed by atoms with Crippen LogP contribution in [0.15, 0.2) is 39.5 Å². The first-order valence-electron chi connectivity index (χ1n) is 13.4. The number of fused-ring (bicyclic) bond motifs is 1. The van der Waals surface area contributed by atoms with E-state index < -0.39 is 90.3 Å². The van der Waals surface area contributed by atoms with Crippen LogP contribution in [0.4, 0.5) is 0 Å². The molecule has 0 radical (unpaired) electrons. The maximum Gasteiger partial charge on any atom is 0.239 e. The molecule has 0 spiro atoms. The number of benzene rings is 2. The molecule has 3 aromatic rings. The third-order valence-corrected chi connectivity index (χ3v) is 7.49. The second kappa shape index (κ2) is 12.4. The fraction of sp³-hybridized carbons (Fsp3) is 0.464. The average Bonchev–Trinajstić information content (AvgIpc) is 3.00. The van der Waals surface area contributed by atoms with Gasteiger partial charge in [0.05, 0.1) is 19.8 Å². The Hall–Kier alpha value is -3.71. The van der Waals surface area contributed by atoms with E-state index in [1.54, 1.807) is 0 Å². The van der Waals surface area contributed by atoms with Gasteiger partial charge in [0.25, 0.3) is 0 Å². The zero-order chi connectivity index (χ0) is 32.0. The molecule has 1 aromatic heterocycles. The van der Waals surface area contributed by atoms with Crippen molar-refractivity contribution in [3.63, 3.8) is 0 Å². The quantitative estimate of drug-likeness (QED) is 0.141. The number of hydrogen-bond donors (Lipinski definition) is 9. The summed E-state index contributed by atoms with van der Waals surface area (Å²) in [6.45, 7) is 0.680. The summed E-state index contributed by atoms with van der Waals surface area (Å²) in [5, 5.41) is 91.4. The van der Waals surface area contributed by atoms with Gasteiger partial charge in [0.1, 0.15) is 65.2 Å². The second-order valence-corrected chi connectivity index (χ2v) is 10.4. The Kier molecular flexibility index (Phi) is 8.90. The molecule has 2 aliphatic heterocycles. The van der Waals surface area contributed by atoms with Crippen LogP contribution in [-0.4, -0.2) is 121 Å². The average molecular weight is 625 g/mol. The van der Waals surface area contributed by atoms with E-state index in [9.17, 15) is 50.8 Å². The molecule has 0 unspecified atom stereocenters. The minimum Gasteiger partial charge on any atom is -0.507 e. The molecule has 16 heteroatoms. The highest BCUT2D eigenvalue weighted by atomic mass is 16.7. The number of hydrogen-bond acceptors (Lipinski definition) is 16. The Balaban J connectivity index is 1.62. The van der Waals surface area contributed by atoms with Gasteiger partial charge in [0, 0.05) is 17.7 Å². The van der Waals surface area contributed by atoms with Gasteiger partial charge in [-0.1, -0.05) is 0 Å². The van der Waals surface area contributed by atoms with Crippen LogP contribution in [-0.2, 0) is 9.47 Å². The molecule has 0 bridgehead atoms. The molecule has 2 aromatic carbocycles. The van der Waals surface area contributed by atoms with Crippen LogP contribution < -0.4 is 19.6 Å². The lowest BCUT2D eigenvalue weighted by atomic mass is 9.99. The molecular weight excluding hydrogens is 592 g/mol. The Labute approximate surface area is 248 Å². The van der Waals surface area contributed by atoms with E-state index in [1.165, 1.54) is 38.3 Å². The van der Waals surface area contributed by atoms with Crippen molar-refractivity contribution in [1.82, 2.24) is 0 Å². The van der Waals surface area contributed by atoms with E-state index in [1.807, 2.05) is 0 Å². The first-order chi connectivity index (χ1) is 20.9. The lowest BCUT2D eigenvalue weighted by Gasteiger charge is -2.39. The van der Waals surface area contributed by atoms with Crippen LogP contribution in [0.25, 0.3) is 22.3 Å². The molecule has 0 amide bonds. The number of phenolic OH excluding ortho intramolecular Hbond substituents is 2. The van der Waals surface area contributed by atoms with Crippen LogP contribution in [0.1, 0.15) is 6.92 Å². The third kappa shape index (κ3) is 5.63. The summed E-state index contributed by atoms with van der Waals surface area (Å²) in [5.41, 5.74) is -1.16. The smallest absolute Gasteiger partial charge is 0.239 e. The van der Waals surface area contributed by atoms with Crippen molar-refractivity contribution < 1.29 is 74.1 Å². The molecule has 2 aliphatic rings. The Morgan fingerprint density at radius 3 is 2.11 bits per heavy atom. The number of aliphatic hydroxyl groups is 7. The molecular formula is C28H32O16. The zero-order valence-corrected chi connectivity index (χ0v) is 23.3. The van der Waals surface area contributed by atoms with Gasteiger partial charge in [0.15, 0.2) is 17.3 Å².